The van der Waals surface area contributed by atoms with E-state index in [1.165, 1.54) is 38.5 Å². The summed E-state index contributed by atoms with van der Waals surface area (Å²) in [6.07, 6.45) is 8.04. The molecule has 1 unspecified atom stereocenters. The van der Waals surface area contributed by atoms with Crippen LogP contribution in [0, 0.1) is 0 Å². The third-order valence-corrected chi connectivity index (χ3v) is 3.43. The summed E-state index contributed by atoms with van der Waals surface area (Å²) >= 11 is 0. The first-order valence-electron chi connectivity index (χ1n) is 7.06. The number of rotatable bonds is 6. The summed E-state index contributed by atoms with van der Waals surface area (Å²) in [5.41, 5.74) is -0.305. The predicted molar refractivity (Wildman–Crippen MR) is 71.2 cm³/mol. The van der Waals surface area contributed by atoms with E-state index >= 15 is 0 Å². The van der Waals surface area contributed by atoms with Crippen LogP contribution in [0.15, 0.2) is 0 Å². The highest BCUT2D eigenvalue weighted by atomic mass is 16.5. The fourth-order valence-corrected chi connectivity index (χ4v) is 2.54. The van der Waals surface area contributed by atoms with Crippen molar-refractivity contribution in [2.45, 2.75) is 77.0 Å². The Labute approximate surface area is 106 Å². The highest BCUT2D eigenvalue weighted by Gasteiger charge is 2.26. The minimum atomic E-state index is -0.305. The highest BCUT2D eigenvalue weighted by Crippen LogP contribution is 2.21. The standard InChI is InChI=1S/C14H29NO2/c1-12(2)15-14(3,10-16)11-17-13-8-6-4-5-7-9-13/h12-13,15-16H,4-11H2,1-3H3. The molecule has 0 spiro atoms. The Kier molecular flexibility index (Phi) is 6.45. The largest absolute Gasteiger partial charge is 0.394 e. The summed E-state index contributed by atoms with van der Waals surface area (Å²) in [5, 5.41) is 12.9. The lowest BCUT2D eigenvalue weighted by molar-refractivity contribution is -0.0122. The molecule has 0 aromatic heterocycles. The maximum absolute atomic E-state index is 9.48. The maximum Gasteiger partial charge on any atom is 0.0671 e. The first-order chi connectivity index (χ1) is 8.06. The molecular weight excluding hydrogens is 214 g/mol. The smallest absolute Gasteiger partial charge is 0.0671 e. The molecule has 17 heavy (non-hydrogen) atoms. The minimum Gasteiger partial charge on any atom is -0.394 e. The Morgan fingerprint density at radius 2 is 1.82 bits per heavy atom. The molecule has 1 rings (SSSR count). The van der Waals surface area contributed by atoms with Gasteiger partial charge in [0.2, 0.25) is 0 Å². The van der Waals surface area contributed by atoms with E-state index in [1.54, 1.807) is 0 Å². The van der Waals surface area contributed by atoms with Gasteiger partial charge in [0, 0.05) is 6.04 Å². The summed E-state index contributed by atoms with van der Waals surface area (Å²) in [6, 6.07) is 0.366. The van der Waals surface area contributed by atoms with Crippen LogP contribution >= 0.6 is 0 Å². The third-order valence-electron chi connectivity index (χ3n) is 3.43. The second-order valence-corrected chi connectivity index (χ2v) is 5.94. The van der Waals surface area contributed by atoms with Gasteiger partial charge in [-0.15, -0.1) is 0 Å². The van der Waals surface area contributed by atoms with Crippen molar-refractivity contribution in [2.24, 2.45) is 0 Å². The number of aliphatic hydroxyl groups is 1. The molecule has 1 aliphatic rings. The maximum atomic E-state index is 9.48. The lowest BCUT2D eigenvalue weighted by Crippen LogP contribution is -2.53. The molecule has 0 radical (unpaired) electrons. The van der Waals surface area contributed by atoms with Gasteiger partial charge in [-0.3, -0.25) is 0 Å². The van der Waals surface area contributed by atoms with Crippen molar-refractivity contribution < 1.29 is 9.84 Å². The van der Waals surface area contributed by atoms with Gasteiger partial charge in [0.05, 0.1) is 24.9 Å². The van der Waals surface area contributed by atoms with E-state index in [0.717, 1.165) is 0 Å². The Balaban J connectivity index is 2.34. The number of nitrogens with one attached hydrogen (secondary N) is 1. The molecular formula is C14H29NO2. The van der Waals surface area contributed by atoms with Crippen LogP contribution in [0.25, 0.3) is 0 Å². The Morgan fingerprint density at radius 3 is 2.29 bits per heavy atom. The van der Waals surface area contributed by atoms with Gasteiger partial charge in [0.15, 0.2) is 0 Å². The molecule has 0 aliphatic heterocycles. The molecule has 102 valence electrons. The summed E-state index contributed by atoms with van der Waals surface area (Å²) in [7, 11) is 0. The van der Waals surface area contributed by atoms with Crippen molar-refractivity contribution >= 4 is 0 Å². The van der Waals surface area contributed by atoms with E-state index in [4.69, 9.17) is 4.74 Å². The van der Waals surface area contributed by atoms with Crippen molar-refractivity contribution in [1.29, 1.82) is 0 Å². The van der Waals surface area contributed by atoms with Crippen molar-refractivity contribution in [3.8, 4) is 0 Å². The number of hydrogen-bond acceptors (Lipinski definition) is 3. The van der Waals surface area contributed by atoms with Crippen molar-refractivity contribution in [2.75, 3.05) is 13.2 Å². The van der Waals surface area contributed by atoms with E-state index in [1.807, 2.05) is 6.92 Å². The first kappa shape index (κ1) is 14.9. The third kappa shape index (κ3) is 5.84. The zero-order chi connectivity index (χ0) is 12.7. The van der Waals surface area contributed by atoms with Gasteiger partial charge in [-0.2, -0.15) is 0 Å². The second kappa shape index (κ2) is 7.34. The molecule has 0 aromatic rings. The molecule has 3 heteroatoms. The van der Waals surface area contributed by atoms with E-state index in [9.17, 15) is 5.11 Å². The Morgan fingerprint density at radius 1 is 1.24 bits per heavy atom. The van der Waals surface area contributed by atoms with Gasteiger partial charge >= 0.3 is 0 Å². The van der Waals surface area contributed by atoms with E-state index in [2.05, 4.69) is 19.2 Å². The van der Waals surface area contributed by atoms with Gasteiger partial charge in [-0.1, -0.05) is 39.5 Å². The van der Waals surface area contributed by atoms with Gasteiger partial charge in [-0.05, 0) is 19.8 Å². The second-order valence-electron chi connectivity index (χ2n) is 5.94. The molecule has 0 heterocycles. The lowest BCUT2D eigenvalue weighted by Gasteiger charge is -2.32. The average molecular weight is 243 g/mol. The normalized spacial score (nSPS) is 22.4. The zero-order valence-corrected chi connectivity index (χ0v) is 11.7. The van der Waals surface area contributed by atoms with E-state index < -0.39 is 0 Å². The molecule has 1 atom stereocenters. The Hall–Kier alpha value is -0.120. The van der Waals surface area contributed by atoms with Crippen LogP contribution in [-0.4, -0.2) is 36.0 Å². The summed E-state index contributed by atoms with van der Waals surface area (Å²) in [5.74, 6) is 0. The van der Waals surface area contributed by atoms with Crippen LogP contribution < -0.4 is 5.32 Å². The molecule has 0 bridgehead atoms. The topological polar surface area (TPSA) is 41.5 Å². The summed E-state index contributed by atoms with van der Waals surface area (Å²) < 4.78 is 6.00. The van der Waals surface area contributed by atoms with Crippen LogP contribution in [0.4, 0.5) is 0 Å². The molecule has 0 amide bonds. The molecule has 1 aliphatic carbocycles. The van der Waals surface area contributed by atoms with Crippen LogP contribution in [0.1, 0.15) is 59.3 Å². The van der Waals surface area contributed by atoms with Crippen molar-refractivity contribution in [3.05, 3.63) is 0 Å². The van der Waals surface area contributed by atoms with Gasteiger partial charge in [0.1, 0.15) is 0 Å². The van der Waals surface area contributed by atoms with Gasteiger partial charge in [-0.25, -0.2) is 0 Å². The number of ether oxygens (including phenoxy) is 1. The lowest BCUT2D eigenvalue weighted by atomic mass is 10.0. The molecule has 2 N–H and O–H groups in total. The average Bonchev–Trinajstić information content (AvgIpc) is 2.54. The van der Waals surface area contributed by atoms with E-state index in [-0.39, 0.29) is 12.1 Å². The molecule has 0 saturated heterocycles. The Bertz CT molecular complexity index is 200. The first-order valence-corrected chi connectivity index (χ1v) is 7.06. The summed E-state index contributed by atoms with van der Waals surface area (Å²) in [4.78, 5) is 0. The van der Waals surface area contributed by atoms with Gasteiger partial charge < -0.3 is 15.2 Å². The number of hydrogen-bond donors (Lipinski definition) is 2. The fraction of sp³-hybridized carbons (Fsp3) is 1.00. The molecule has 3 nitrogen and oxygen atoms in total. The SMILES string of the molecule is CC(C)NC(C)(CO)COC1CCCCCC1. The molecule has 1 fully saturated rings. The number of aliphatic hydroxyl groups excluding tert-OH is 1. The van der Waals surface area contributed by atoms with Gasteiger partial charge in [0.25, 0.3) is 0 Å². The van der Waals surface area contributed by atoms with Crippen molar-refractivity contribution in [3.63, 3.8) is 0 Å². The predicted octanol–water partition coefficient (Wildman–Crippen LogP) is 2.47. The van der Waals surface area contributed by atoms with Crippen LogP contribution in [-0.2, 0) is 4.74 Å². The van der Waals surface area contributed by atoms with E-state index in [0.29, 0.717) is 18.8 Å². The zero-order valence-electron chi connectivity index (χ0n) is 11.7. The van der Waals surface area contributed by atoms with Crippen LogP contribution in [0.2, 0.25) is 0 Å². The minimum absolute atomic E-state index is 0.123. The van der Waals surface area contributed by atoms with Crippen LogP contribution in [0.3, 0.4) is 0 Å². The highest BCUT2D eigenvalue weighted by molar-refractivity contribution is 4.84. The van der Waals surface area contributed by atoms with Crippen molar-refractivity contribution in [1.82, 2.24) is 5.32 Å². The quantitative estimate of drug-likeness (QED) is 0.704. The van der Waals surface area contributed by atoms with Crippen LogP contribution in [0.5, 0.6) is 0 Å². The molecule has 1 saturated carbocycles. The summed E-state index contributed by atoms with van der Waals surface area (Å²) in [6.45, 7) is 6.95. The monoisotopic (exact) mass is 243 g/mol. The fourth-order valence-electron chi connectivity index (χ4n) is 2.54. The molecule has 0 aromatic carbocycles.